The summed E-state index contributed by atoms with van der Waals surface area (Å²) >= 11 is 6.08. The zero-order valence-electron chi connectivity index (χ0n) is 11.5. The molecule has 0 aromatic heterocycles. The Morgan fingerprint density at radius 2 is 2.16 bits per heavy atom. The standard InChI is InChI=1S/C14H20ClNO3/c1-4-5-9(2)8-19-13-11(14(17)18-3)6-10(16)7-12(13)15/h6-7,9H,4-5,8,16H2,1-3H3. The van der Waals surface area contributed by atoms with Gasteiger partial charge < -0.3 is 15.2 Å². The van der Waals surface area contributed by atoms with Gasteiger partial charge in [0.2, 0.25) is 0 Å². The average Bonchev–Trinajstić information content (AvgIpc) is 2.36. The third-order valence-corrected chi connectivity index (χ3v) is 3.05. The van der Waals surface area contributed by atoms with E-state index in [-0.39, 0.29) is 5.56 Å². The largest absolute Gasteiger partial charge is 0.491 e. The number of carbonyl (C=O) groups is 1. The normalized spacial score (nSPS) is 12.0. The van der Waals surface area contributed by atoms with Gasteiger partial charge >= 0.3 is 5.97 Å². The average molecular weight is 286 g/mol. The van der Waals surface area contributed by atoms with Gasteiger partial charge in [-0.15, -0.1) is 0 Å². The van der Waals surface area contributed by atoms with Gasteiger partial charge in [-0.05, 0) is 24.5 Å². The zero-order valence-corrected chi connectivity index (χ0v) is 12.3. The van der Waals surface area contributed by atoms with Crippen molar-refractivity contribution in [2.45, 2.75) is 26.7 Å². The Morgan fingerprint density at radius 3 is 2.74 bits per heavy atom. The smallest absolute Gasteiger partial charge is 0.341 e. The van der Waals surface area contributed by atoms with E-state index in [0.29, 0.717) is 29.0 Å². The number of methoxy groups -OCH3 is 1. The molecule has 1 aromatic rings. The first-order chi connectivity index (χ1) is 8.99. The maximum absolute atomic E-state index is 11.7. The molecule has 0 heterocycles. The molecule has 0 radical (unpaired) electrons. The van der Waals surface area contributed by atoms with Crippen LogP contribution in [0.15, 0.2) is 12.1 Å². The molecule has 1 rings (SSSR count). The molecule has 0 bridgehead atoms. The van der Waals surface area contributed by atoms with E-state index in [1.165, 1.54) is 13.2 Å². The monoisotopic (exact) mass is 285 g/mol. The summed E-state index contributed by atoms with van der Waals surface area (Å²) in [5, 5.41) is 0.323. The van der Waals surface area contributed by atoms with Gasteiger partial charge in [-0.25, -0.2) is 4.79 Å². The number of benzene rings is 1. The Balaban J connectivity index is 2.95. The lowest BCUT2D eigenvalue weighted by molar-refractivity contribution is 0.0595. The van der Waals surface area contributed by atoms with Crippen LogP contribution in [0.25, 0.3) is 0 Å². The van der Waals surface area contributed by atoms with Crippen molar-refractivity contribution in [1.29, 1.82) is 0 Å². The van der Waals surface area contributed by atoms with E-state index in [1.807, 2.05) is 0 Å². The first-order valence-electron chi connectivity index (χ1n) is 6.29. The van der Waals surface area contributed by atoms with Gasteiger partial charge in [0.15, 0.2) is 5.75 Å². The SMILES string of the molecule is CCCC(C)COc1c(Cl)cc(N)cc1C(=O)OC. The van der Waals surface area contributed by atoms with E-state index in [0.717, 1.165) is 12.8 Å². The molecular weight excluding hydrogens is 266 g/mol. The van der Waals surface area contributed by atoms with E-state index >= 15 is 0 Å². The van der Waals surface area contributed by atoms with Crippen LogP contribution in [0.1, 0.15) is 37.0 Å². The molecule has 0 aliphatic carbocycles. The van der Waals surface area contributed by atoms with Crippen molar-refractivity contribution >= 4 is 23.3 Å². The molecule has 0 saturated heterocycles. The molecule has 1 atom stereocenters. The summed E-state index contributed by atoms with van der Waals surface area (Å²) in [6.45, 7) is 4.71. The van der Waals surface area contributed by atoms with E-state index in [1.54, 1.807) is 6.07 Å². The highest BCUT2D eigenvalue weighted by atomic mass is 35.5. The first kappa shape index (κ1) is 15.6. The number of anilines is 1. The summed E-state index contributed by atoms with van der Waals surface area (Å²) in [7, 11) is 1.31. The van der Waals surface area contributed by atoms with Crippen LogP contribution in [0.3, 0.4) is 0 Å². The van der Waals surface area contributed by atoms with Gasteiger partial charge in [0, 0.05) is 5.69 Å². The second kappa shape index (κ2) is 7.24. The highest BCUT2D eigenvalue weighted by Crippen LogP contribution is 2.32. The lowest BCUT2D eigenvalue weighted by Gasteiger charge is -2.16. The number of hydrogen-bond acceptors (Lipinski definition) is 4. The summed E-state index contributed by atoms with van der Waals surface area (Å²) < 4.78 is 10.4. The Bertz CT molecular complexity index is 449. The number of esters is 1. The van der Waals surface area contributed by atoms with Crippen LogP contribution in [-0.2, 0) is 4.74 Å². The highest BCUT2D eigenvalue weighted by molar-refractivity contribution is 6.33. The molecule has 0 fully saturated rings. The third-order valence-electron chi connectivity index (χ3n) is 2.76. The van der Waals surface area contributed by atoms with Crippen LogP contribution in [0, 0.1) is 5.92 Å². The maximum Gasteiger partial charge on any atom is 0.341 e. The topological polar surface area (TPSA) is 61.5 Å². The highest BCUT2D eigenvalue weighted by Gasteiger charge is 2.18. The molecule has 1 unspecified atom stereocenters. The van der Waals surface area contributed by atoms with Gasteiger partial charge in [-0.3, -0.25) is 0 Å². The number of hydrogen-bond donors (Lipinski definition) is 1. The van der Waals surface area contributed by atoms with Crippen LogP contribution in [0.4, 0.5) is 5.69 Å². The quantitative estimate of drug-likeness (QED) is 0.642. The predicted molar refractivity (Wildman–Crippen MR) is 76.8 cm³/mol. The van der Waals surface area contributed by atoms with Gasteiger partial charge in [0.05, 0.1) is 18.7 Å². The molecule has 1 aromatic carbocycles. The van der Waals surface area contributed by atoms with E-state index in [9.17, 15) is 4.79 Å². The minimum absolute atomic E-state index is 0.260. The Labute approximate surface area is 118 Å². The van der Waals surface area contributed by atoms with Crippen molar-refractivity contribution in [3.05, 3.63) is 22.7 Å². The zero-order chi connectivity index (χ0) is 14.4. The maximum atomic E-state index is 11.7. The summed E-state index contributed by atoms with van der Waals surface area (Å²) in [5.74, 6) is 0.224. The molecule has 19 heavy (non-hydrogen) atoms. The van der Waals surface area contributed by atoms with Crippen molar-refractivity contribution in [3.63, 3.8) is 0 Å². The van der Waals surface area contributed by atoms with Crippen molar-refractivity contribution in [2.24, 2.45) is 5.92 Å². The van der Waals surface area contributed by atoms with Gasteiger partial charge in [-0.1, -0.05) is 31.9 Å². The Kier molecular flexibility index (Phi) is 5.96. The molecule has 106 valence electrons. The molecule has 0 aliphatic rings. The molecule has 4 nitrogen and oxygen atoms in total. The molecule has 2 N–H and O–H groups in total. The lowest BCUT2D eigenvalue weighted by Crippen LogP contribution is -2.12. The Hall–Kier alpha value is -1.42. The molecule has 0 amide bonds. The van der Waals surface area contributed by atoms with Crippen LogP contribution < -0.4 is 10.5 Å². The van der Waals surface area contributed by atoms with Crippen molar-refractivity contribution in [3.8, 4) is 5.75 Å². The van der Waals surface area contributed by atoms with Gasteiger partial charge in [0.25, 0.3) is 0 Å². The minimum atomic E-state index is -0.507. The van der Waals surface area contributed by atoms with Crippen LogP contribution in [-0.4, -0.2) is 19.7 Å². The van der Waals surface area contributed by atoms with Crippen LogP contribution in [0.5, 0.6) is 5.75 Å². The summed E-state index contributed by atoms with van der Waals surface area (Å²) in [5.41, 5.74) is 6.34. The van der Waals surface area contributed by atoms with Crippen molar-refractivity contribution in [1.82, 2.24) is 0 Å². The minimum Gasteiger partial charge on any atom is -0.491 e. The number of rotatable bonds is 6. The fourth-order valence-electron chi connectivity index (χ4n) is 1.82. The predicted octanol–water partition coefficient (Wildman–Crippen LogP) is 3.52. The number of halogens is 1. The van der Waals surface area contributed by atoms with Crippen LogP contribution >= 0.6 is 11.6 Å². The fourth-order valence-corrected chi connectivity index (χ4v) is 2.11. The second-order valence-electron chi connectivity index (χ2n) is 4.58. The first-order valence-corrected chi connectivity index (χ1v) is 6.67. The Morgan fingerprint density at radius 1 is 1.47 bits per heavy atom. The van der Waals surface area contributed by atoms with Gasteiger partial charge in [-0.2, -0.15) is 0 Å². The van der Waals surface area contributed by atoms with Crippen molar-refractivity contribution in [2.75, 3.05) is 19.5 Å². The van der Waals surface area contributed by atoms with Gasteiger partial charge in [0.1, 0.15) is 5.56 Å². The number of carbonyl (C=O) groups excluding carboxylic acids is 1. The second-order valence-corrected chi connectivity index (χ2v) is 4.98. The molecular formula is C14H20ClNO3. The van der Waals surface area contributed by atoms with Crippen LogP contribution in [0.2, 0.25) is 5.02 Å². The van der Waals surface area contributed by atoms with Crippen molar-refractivity contribution < 1.29 is 14.3 Å². The number of ether oxygens (including phenoxy) is 2. The molecule has 0 saturated carbocycles. The molecule has 5 heteroatoms. The van der Waals surface area contributed by atoms with E-state index < -0.39 is 5.97 Å². The summed E-state index contributed by atoms with van der Waals surface area (Å²) in [6.07, 6.45) is 2.14. The number of nitrogen functional groups attached to an aromatic ring is 1. The fraction of sp³-hybridized carbons (Fsp3) is 0.500. The lowest BCUT2D eigenvalue weighted by atomic mass is 10.1. The molecule has 0 aliphatic heterocycles. The third kappa shape index (κ3) is 4.31. The molecule has 0 spiro atoms. The number of nitrogens with two attached hydrogens (primary N) is 1. The summed E-state index contributed by atoms with van der Waals surface area (Å²) in [4.78, 5) is 11.7. The van der Waals surface area contributed by atoms with E-state index in [2.05, 4.69) is 13.8 Å². The van der Waals surface area contributed by atoms with E-state index in [4.69, 9.17) is 26.8 Å². The summed E-state index contributed by atoms with van der Waals surface area (Å²) in [6, 6.07) is 3.07.